The lowest BCUT2D eigenvalue weighted by Crippen LogP contribution is -2.00. The van der Waals surface area contributed by atoms with E-state index in [0.717, 1.165) is 77.0 Å². The van der Waals surface area contributed by atoms with Crippen LogP contribution in [0.1, 0.15) is 0 Å². The Bertz CT molecular complexity index is 4120. The van der Waals surface area contributed by atoms with Crippen molar-refractivity contribution in [2.75, 3.05) is 0 Å². The topological polar surface area (TPSA) is 69.9 Å². The van der Waals surface area contributed by atoms with Gasteiger partial charge >= 0.3 is 0 Å². The fourth-order valence-electron chi connectivity index (χ4n) is 9.79. The Morgan fingerprint density at radius 2 is 0.937 bits per heavy atom. The monoisotopic (exact) mass is 804 g/mol. The summed E-state index contributed by atoms with van der Waals surface area (Å²) >= 11 is 0. The fourth-order valence-corrected chi connectivity index (χ4v) is 9.79. The van der Waals surface area contributed by atoms with Crippen molar-refractivity contribution >= 4 is 98.0 Å². The van der Waals surface area contributed by atoms with Gasteiger partial charge in [0.15, 0.2) is 17.5 Å². The van der Waals surface area contributed by atoms with Gasteiger partial charge in [0, 0.05) is 49.1 Å². The van der Waals surface area contributed by atoms with Crippen LogP contribution < -0.4 is 0 Å². The largest absolute Gasteiger partial charge is 0.456 e. The molecule has 6 nitrogen and oxygen atoms in total. The third-order valence-corrected chi connectivity index (χ3v) is 12.8. The van der Waals surface area contributed by atoms with Crippen LogP contribution in [0.15, 0.2) is 203 Å². The molecule has 63 heavy (non-hydrogen) atoms. The van der Waals surface area contributed by atoms with Crippen molar-refractivity contribution in [3.63, 3.8) is 0 Å². The molecule has 292 valence electrons. The Labute approximate surface area is 358 Å². The maximum absolute atomic E-state index is 6.61. The number of aromatic nitrogens is 4. The summed E-state index contributed by atoms with van der Waals surface area (Å²) in [6.07, 6.45) is 0. The Balaban J connectivity index is 0.994. The maximum atomic E-state index is 6.61. The summed E-state index contributed by atoms with van der Waals surface area (Å²) < 4.78 is 15.5. The van der Waals surface area contributed by atoms with Gasteiger partial charge in [-0.25, -0.2) is 15.0 Å². The van der Waals surface area contributed by atoms with Crippen molar-refractivity contribution < 1.29 is 8.83 Å². The highest BCUT2D eigenvalue weighted by atomic mass is 16.3. The molecule has 0 spiro atoms. The summed E-state index contributed by atoms with van der Waals surface area (Å²) in [6, 6.07) is 68.2. The van der Waals surface area contributed by atoms with Crippen molar-refractivity contribution in [1.82, 2.24) is 19.5 Å². The molecule has 10 aromatic carbocycles. The van der Waals surface area contributed by atoms with Crippen LogP contribution in [-0.4, -0.2) is 19.5 Å². The van der Waals surface area contributed by atoms with Gasteiger partial charge < -0.3 is 13.4 Å². The van der Waals surface area contributed by atoms with Crippen molar-refractivity contribution in [3.05, 3.63) is 194 Å². The van der Waals surface area contributed by atoms with Gasteiger partial charge in [-0.3, -0.25) is 0 Å². The molecule has 0 atom stereocenters. The molecule has 0 unspecified atom stereocenters. The molecule has 0 saturated heterocycles. The maximum Gasteiger partial charge on any atom is 0.167 e. The molecule has 0 amide bonds. The Kier molecular flexibility index (Phi) is 7.02. The van der Waals surface area contributed by atoms with E-state index >= 15 is 0 Å². The van der Waals surface area contributed by atoms with Crippen LogP contribution in [0, 0.1) is 0 Å². The zero-order valence-electron chi connectivity index (χ0n) is 33.6. The minimum atomic E-state index is 0.544. The molecule has 0 aliphatic rings. The van der Waals surface area contributed by atoms with Crippen LogP contribution in [0.25, 0.3) is 138 Å². The summed E-state index contributed by atoms with van der Waals surface area (Å²) in [5.41, 5.74) is 9.18. The van der Waals surface area contributed by atoms with Gasteiger partial charge in [-0.15, -0.1) is 0 Å². The van der Waals surface area contributed by atoms with Crippen LogP contribution in [-0.2, 0) is 0 Å². The lowest BCUT2D eigenvalue weighted by atomic mass is 10.0. The van der Waals surface area contributed by atoms with Gasteiger partial charge in [-0.1, -0.05) is 121 Å². The Morgan fingerprint density at radius 3 is 1.70 bits per heavy atom. The molecular formula is C57H32N4O2. The van der Waals surface area contributed by atoms with Crippen molar-refractivity contribution in [2.24, 2.45) is 0 Å². The lowest BCUT2D eigenvalue weighted by Gasteiger charge is -2.11. The minimum absolute atomic E-state index is 0.544. The number of nitrogens with zero attached hydrogens (tertiary/aromatic N) is 4. The number of benzene rings is 10. The minimum Gasteiger partial charge on any atom is -0.456 e. The molecule has 4 aromatic heterocycles. The van der Waals surface area contributed by atoms with Crippen molar-refractivity contribution in [2.45, 2.75) is 0 Å². The summed E-state index contributed by atoms with van der Waals surface area (Å²) in [5, 5.41) is 13.7. The SMILES string of the molecule is c1ccc(-c2nc(-c3ccc4oc5ccc6ccc(-n7c8cc9ccccc9cc8c8cc9ccccc9cc87)cc6c5c4c3)nc(-c3cccc4c3oc3ccccc34)n2)cc1. The van der Waals surface area contributed by atoms with E-state index in [1.165, 1.54) is 43.4 Å². The van der Waals surface area contributed by atoms with E-state index in [2.05, 4.69) is 126 Å². The molecule has 0 radical (unpaired) electrons. The molecule has 6 heteroatoms. The second-order valence-electron chi connectivity index (χ2n) is 16.4. The first-order chi connectivity index (χ1) is 31.2. The van der Waals surface area contributed by atoms with Gasteiger partial charge in [0.2, 0.25) is 0 Å². The molecule has 0 aliphatic carbocycles. The van der Waals surface area contributed by atoms with E-state index in [1.54, 1.807) is 0 Å². The normalized spacial score (nSPS) is 12.1. The van der Waals surface area contributed by atoms with E-state index in [1.807, 2.05) is 72.8 Å². The summed E-state index contributed by atoms with van der Waals surface area (Å²) in [5.74, 6) is 1.69. The van der Waals surface area contributed by atoms with Crippen LogP contribution >= 0.6 is 0 Å². The van der Waals surface area contributed by atoms with Crippen LogP contribution in [0.4, 0.5) is 0 Å². The zero-order valence-corrected chi connectivity index (χ0v) is 33.6. The summed E-state index contributed by atoms with van der Waals surface area (Å²) in [6.45, 7) is 0. The number of hydrogen-bond donors (Lipinski definition) is 0. The number of furan rings is 2. The average molecular weight is 805 g/mol. The molecule has 0 N–H and O–H groups in total. The molecule has 0 bridgehead atoms. The van der Waals surface area contributed by atoms with Gasteiger partial charge in [-0.05, 0) is 105 Å². The molecule has 0 saturated carbocycles. The number of rotatable bonds is 4. The lowest BCUT2D eigenvalue weighted by molar-refractivity contribution is 0.669. The van der Waals surface area contributed by atoms with E-state index in [4.69, 9.17) is 23.8 Å². The van der Waals surface area contributed by atoms with E-state index in [9.17, 15) is 0 Å². The van der Waals surface area contributed by atoms with Gasteiger partial charge in [0.1, 0.15) is 22.3 Å². The van der Waals surface area contributed by atoms with Crippen molar-refractivity contribution in [3.8, 4) is 39.9 Å². The van der Waals surface area contributed by atoms with Crippen molar-refractivity contribution in [1.29, 1.82) is 0 Å². The van der Waals surface area contributed by atoms with E-state index in [-0.39, 0.29) is 0 Å². The predicted octanol–water partition coefficient (Wildman–Crippen LogP) is 15.2. The number of fused-ring (bicyclic) bond motifs is 13. The first-order valence-corrected chi connectivity index (χ1v) is 21.2. The highest BCUT2D eigenvalue weighted by Crippen LogP contribution is 2.42. The molecule has 4 heterocycles. The highest BCUT2D eigenvalue weighted by molar-refractivity contribution is 6.21. The number of hydrogen-bond acceptors (Lipinski definition) is 5. The quantitative estimate of drug-likeness (QED) is 0.177. The van der Waals surface area contributed by atoms with Crippen LogP contribution in [0.5, 0.6) is 0 Å². The molecule has 14 aromatic rings. The second kappa shape index (κ2) is 12.9. The molecule has 0 fully saturated rings. The Hall–Kier alpha value is -8.61. The van der Waals surface area contributed by atoms with Crippen LogP contribution in [0.2, 0.25) is 0 Å². The molecular weight excluding hydrogens is 773 g/mol. The van der Waals surface area contributed by atoms with Gasteiger partial charge in [0.25, 0.3) is 0 Å². The van der Waals surface area contributed by atoms with Crippen LogP contribution in [0.3, 0.4) is 0 Å². The van der Waals surface area contributed by atoms with Gasteiger partial charge in [0.05, 0.1) is 16.6 Å². The zero-order chi connectivity index (χ0) is 41.2. The molecule has 0 aliphatic heterocycles. The second-order valence-corrected chi connectivity index (χ2v) is 16.4. The van der Waals surface area contributed by atoms with E-state index < -0.39 is 0 Å². The average Bonchev–Trinajstić information content (AvgIpc) is 4.01. The first-order valence-electron chi connectivity index (χ1n) is 21.2. The third-order valence-electron chi connectivity index (χ3n) is 12.8. The number of para-hydroxylation sites is 2. The molecule has 14 rings (SSSR count). The van der Waals surface area contributed by atoms with Gasteiger partial charge in [-0.2, -0.15) is 0 Å². The smallest absolute Gasteiger partial charge is 0.167 e. The van der Waals surface area contributed by atoms with E-state index in [0.29, 0.717) is 17.5 Å². The predicted molar refractivity (Wildman–Crippen MR) is 258 cm³/mol. The fraction of sp³-hybridized carbons (Fsp3) is 0. The third kappa shape index (κ3) is 5.15. The summed E-state index contributed by atoms with van der Waals surface area (Å²) in [7, 11) is 0. The highest BCUT2D eigenvalue weighted by Gasteiger charge is 2.20. The first kappa shape index (κ1) is 34.1. The Morgan fingerprint density at radius 1 is 0.333 bits per heavy atom. The summed E-state index contributed by atoms with van der Waals surface area (Å²) in [4.78, 5) is 15.4. The standard InChI is InChI=1S/C57H32N4O2/c1-2-11-34(12-3-1)55-58-56(60-57(59-55)43-19-10-18-42-41-17-8-9-20-50(41)63-54(42)43)39-23-25-51-47(29-39)53-44-32-40(24-21-33(44)22-26-52(53)62-51)61-48-30-37-15-6-4-13-35(37)27-45(48)46-28-36-14-5-7-16-38(36)31-49(46)61/h1-32H.